The smallest absolute Gasteiger partial charge is 0.387 e. The second-order valence-electron chi connectivity index (χ2n) is 4.54. The largest absolute Gasteiger partial charge is 0.507 e. The number of benzene rings is 2. The number of rotatable bonds is 6. The molecule has 0 saturated heterocycles. The predicted octanol–water partition coefficient (Wildman–Crippen LogP) is 4.38. The number of phenolic OH excluding ortho intramolecular Hbond substituents is 1. The zero-order valence-corrected chi connectivity index (χ0v) is 13.8. The summed E-state index contributed by atoms with van der Waals surface area (Å²) in [6, 6.07) is 9.63. The lowest BCUT2D eigenvalue weighted by Crippen LogP contribution is -2.03. The molecule has 4 nitrogen and oxygen atoms in total. The van der Waals surface area contributed by atoms with Gasteiger partial charge in [-0.15, -0.1) is 0 Å². The van der Waals surface area contributed by atoms with E-state index in [0.717, 1.165) is 10.0 Å². The molecule has 122 valence electrons. The lowest BCUT2D eigenvalue weighted by Gasteiger charge is -2.10. The van der Waals surface area contributed by atoms with Gasteiger partial charge in [0.15, 0.2) is 11.5 Å². The van der Waals surface area contributed by atoms with E-state index < -0.39 is 6.61 Å². The van der Waals surface area contributed by atoms with Crippen LogP contribution in [0.5, 0.6) is 17.2 Å². The standard InChI is InChI=1S/C16H14BrF2NO3/c1-22-15-6-10(2-5-14(15)23-16(18)19)8-20-9-11-7-12(17)3-4-13(11)21/h2-7,9,16,21H,8H2,1H3. The Balaban J connectivity index is 2.11. The van der Waals surface area contributed by atoms with Gasteiger partial charge in [0.1, 0.15) is 5.75 Å². The van der Waals surface area contributed by atoms with E-state index in [4.69, 9.17) is 4.74 Å². The highest BCUT2D eigenvalue weighted by molar-refractivity contribution is 9.10. The van der Waals surface area contributed by atoms with Crippen LogP contribution in [0.25, 0.3) is 0 Å². The Morgan fingerprint density at radius 1 is 1.22 bits per heavy atom. The number of ether oxygens (including phenoxy) is 2. The van der Waals surface area contributed by atoms with Gasteiger partial charge < -0.3 is 14.6 Å². The molecule has 0 radical (unpaired) electrons. The van der Waals surface area contributed by atoms with E-state index in [1.165, 1.54) is 19.4 Å². The fourth-order valence-electron chi connectivity index (χ4n) is 1.88. The van der Waals surface area contributed by atoms with Gasteiger partial charge in [-0.3, -0.25) is 4.99 Å². The minimum Gasteiger partial charge on any atom is -0.507 e. The Morgan fingerprint density at radius 3 is 2.70 bits per heavy atom. The molecule has 0 aliphatic rings. The van der Waals surface area contributed by atoms with Gasteiger partial charge in [0.05, 0.1) is 13.7 Å². The van der Waals surface area contributed by atoms with E-state index in [2.05, 4.69) is 25.7 Å². The van der Waals surface area contributed by atoms with Crippen LogP contribution in [0.3, 0.4) is 0 Å². The fraction of sp³-hybridized carbons (Fsp3) is 0.188. The van der Waals surface area contributed by atoms with Crippen molar-refractivity contribution < 1.29 is 23.4 Å². The number of aromatic hydroxyl groups is 1. The summed E-state index contributed by atoms with van der Waals surface area (Å²) in [6.07, 6.45) is 1.54. The number of alkyl halides is 2. The topological polar surface area (TPSA) is 51.0 Å². The minimum atomic E-state index is -2.91. The van der Waals surface area contributed by atoms with Crippen LogP contribution in [-0.4, -0.2) is 25.0 Å². The maximum atomic E-state index is 12.3. The molecular formula is C16H14BrF2NO3. The number of halogens is 3. The maximum absolute atomic E-state index is 12.3. The van der Waals surface area contributed by atoms with Gasteiger partial charge in [-0.25, -0.2) is 0 Å². The molecule has 0 aliphatic carbocycles. The molecular weight excluding hydrogens is 372 g/mol. The number of nitrogens with zero attached hydrogens (tertiary/aromatic N) is 1. The third-order valence-electron chi connectivity index (χ3n) is 2.94. The molecule has 1 N–H and O–H groups in total. The van der Waals surface area contributed by atoms with Gasteiger partial charge in [0.2, 0.25) is 0 Å². The third-order valence-corrected chi connectivity index (χ3v) is 3.43. The highest BCUT2D eigenvalue weighted by atomic mass is 79.9. The Kier molecular flexibility index (Phi) is 5.92. The zero-order valence-electron chi connectivity index (χ0n) is 12.2. The monoisotopic (exact) mass is 385 g/mol. The van der Waals surface area contributed by atoms with E-state index in [-0.39, 0.29) is 17.2 Å². The van der Waals surface area contributed by atoms with Crippen molar-refractivity contribution in [3.05, 3.63) is 52.0 Å². The summed E-state index contributed by atoms with van der Waals surface area (Å²) >= 11 is 3.32. The lowest BCUT2D eigenvalue weighted by molar-refractivity contribution is -0.0512. The molecule has 2 aromatic carbocycles. The SMILES string of the molecule is COc1cc(CN=Cc2cc(Br)ccc2O)ccc1OC(F)F. The molecule has 0 unspecified atom stereocenters. The molecule has 0 heterocycles. The summed E-state index contributed by atoms with van der Waals surface area (Å²) in [5.41, 5.74) is 1.33. The molecule has 2 rings (SSSR count). The van der Waals surface area contributed by atoms with Crippen molar-refractivity contribution in [2.45, 2.75) is 13.2 Å². The Bertz CT molecular complexity index is 708. The first-order chi connectivity index (χ1) is 11.0. The van der Waals surface area contributed by atoms with Crippen molar-refractivity contribution in [3.63, 3.8) is 0 Å². The van der Waals surface area contributed by atoms with Crippen LogP contribution >= 0.6 is 15.9 Å². The molecule has 0 atom stereocenters. The zero-order chi connectivity index (χ0) is 16.8. The first kappa shape index (κ1) is 17.2. The van der Waals surface area contributed by atoms with Gasteiger partial charge in [-0.1, -0.05) is 22.0 Å². The third kappa shape index (κ3) is 4.92. The Hall–Kier alpha value is -2.15. The van der Waals surface area contributed by atoms with Gasteiger partial charge in [0, 0.05) is 16.3 Å². The summed E-state index contributed by atoms with van der Waals surface area (Å²) in [5, 5.41) is 9.71. The molecule has 0 amide bonds. The van der Waals surface area contributed by atoms with Crippen molar-refractivity contribution >= 4 is 22.1 Å². The minimum absolute atomic E-state index is 0.0279. The fourth-order valence-corrected chi connectivity index (χ4v) is 2.26. The molecule has 2 aromatic rings. The molecule has 0 bridgehead atoms. The number of hydrogen-bond acceptors (Lipinski definition) is 4. The van der Waals surface area contributed by atoms with Crippen molar-refractivity contribution in [2.24, 2.45) is 4.99 Å². The molecule has 0 fully saturated rings. The van der Waals surface area contributed by atoms with Crippen molar-refractivity contribution in [1.82, 2.24) is 0 Å². The summed E-state index contributed by atoms with van der Waals surface area (Å²) in [4.78, 5) is 4.23. The Labute approximate surface area is 140 Å². The molecule has 0 aliphatic heterocycles. The number of aliphatic imine (C=N–C) groups is 1. The van der Waals surface area contributed by atoms with Crippen molar-refractivity contribution in [1.29, 1.82) is 0 Å². The van der Waals surface area contributed by atoms with E-state index in [0.29, 0.717) is 12.1 Å². The van der Waals surface area contributed by atoms with Crippen LogP contribution in [-0.2, 0) is 6.54 Å². The first-order valence-electron chi connectivity index (χ1n) is 6.59. The summed E-state index contributed by atoms with van der Waals surface area (Å²) in [5.74, 6) is 0.304. The van der Waals surface area contributed by atoms with E-state index >= 15 is 0 Å². The second-order valence-corrected chi connectivity index (χ2v) is 5.45. The van der Waals surface area contributed by atoms with Crippen LogP contribution < -0.4 is 9.47 Å². The first-order valence-corrected chi connectivity index (χ1v) is 7.39. The summed E-state index contributed by atoms with van der Waals surface area (Å²) < 4.78 is 34.8. The predicted molar refractivity (Wildman–Crippen MR) is 86.7 cm³/mol. The van der Waals surface area contributed by atoms with Crippen molar-refractivity contribution in [3.8, 4) is 17.2 Å². The molecule has 0 spiro atoms. The highest BCUT2D eigenvalue weighted by Crippen LogP contribution is 2.29. The summed E-state index contributed by atoms with van der Waals surface area (Å²) in [7, 11) is 1.38. The van der Waals surface area contributed by atoms with Crippen molar-refractivity contribution in [2.75, 3.05) is 7.11 Å². The maximum Gasteiger partial charge on any atom is 0.387 e. The van der Waals surface area contributed by atoms with E-state index in [9.17, 15) is 13.9 Å². The Morgan fingerprint density at radius 2 is 2.00 bits per heavy atom. The molecule has 23 heavy (non-hydrogen) atoms. The molecule has 0 saturated carbocycles. The molecule has 0 aromatic heterocycles. The van der Waals surface area contributed by atoms with Gasteiger partial charge in [-0.2, -0.15) is 8.78 Å². The van der Waals surface area contributed by atoms with Gasteiger partial charge in [0.25, 0.3) is 0 Å². The summed E-state index contributed by atoms with van der Waals surface area (Å²) in [6.45, 7) is -2.61. The molecule has 7 heteroatoms. The normalized spacial score (nSPS) is 11.2. The second kappa shape index (κ2) is 7.92. The van der Waals surface area contributed by atoms with Crippen LogP contribution in [0.1, 0.15) is 11.1 Å². The van der Waals surface area contributed by atoms with Gasteiger partial charge >= 0.3 is 6.61 Å². The quantitative estimate of drug-likeness (QED) is 0.750. The average Bonchev–Trinajstić information content (AvgIpc) is 2.51. The number of methoxy groups -OCH3 is 1. The highest BCUT2D eigenvalue weighted by Gasteiger charge is 2.10. The van der Waals surface area contributed by atoms with Gasteiger partial charge in [-0.05, 0) is 35.9 Å². The van der Waals surface area contributed by atoms with E-state index in [1.54, 1.807) is 30.3 Å². The van der Waals surface area contributed by atoms with E-state index in [1.807, 2.05) is 0 Å². The number of phenols is 1. The van der Waals surface area contributed by atoms with Crippen LogP contribution in [0.4, 0.5) is 8.78 Å². The van der Waals surface area contributed by atoms with Crippen LogP contribution in [0.15, 0.2) is 45.9 Å². The number of hydrogen-bond donors (Lipinski definition) is 1. The van der Waals surface area contributed by atoms with Crippen LogP contribution in [0.2, 0.25) is 0 Å². The lowest BCUT2D eigenvalue weighted by atomic mass is 10.2. The van der Waals surface area contributed by atoms with Crippen LogP contribution in [0, 0.1) is 0 Å². The average molecular weight is 386 g/mol.